The Balaban J connectivity index is 1.54. The summed E-state index contributed by atoms with van der Waals surface area (Å²) in [6, 6.07) is 0. The molecular formula is C20H32O2. The summed E-state index contributed by atoms with van der Waals surface area (Å²) in [5.41, 5.74) is 1.57. The van der Waals surface area contributed by atoms with Crippen LogP contribution in [0.15, 0.2) is 0 Å². The minimum atomic E-state index is 0.178. The number of aliphatic hydroxyl groups is 1. The maximum atomic E-state index is 10.1. The molecule has 0 aromatic heterocycles. The lowest BCUT2D eigenvalue weighted by atomic mass is 9.41. The van der Waals surface area contributed by atoms with Crippen molar-refractivity contribution in [2.24, 2.45) is 34.0 Å². The SMILES string of the molecule is C[C@]1(CO)CCC[C@]2(C)[C@@H]1CC[C@@]13C[C@@H](CC[C@H]12)[C@@]1(CO1)C3. The second-order valence-corrected chi connectivity index (χ2v) is 10.2. The third-order valence-electron chi connectivity index (χ3n) is 9.30. The quantitative estimate of drug-likeness (QED) is 0.738. The lowest BCUT2D eigenvalue weighted by Gasteiger charge is -2.64. The van der Waals surface area contributed by atoms with Crippen LogP contribution in [0.4, 0.5) is 0 Å². The summed E-state index contributed by atoms with van der Waals surface area (Å²) in [6.07, 6.45) is 12.4. The second kappa shape index (κ2) is 4.11. The number of aliphatic hydroxyl groups excluding tert-OH is 1. The summed E-state index contributed by atoms with van der Waals surface area (Å²) in [5, 5.41) is 10.1. The van der Waals surface area contributed by atoms with E-state index in [1.807, 2.05) is 0 Å². The van der Waals surface area contributed by atoms with Gasteiger partial charge in [0.15, 0.2) is 0 Å². The minimum Gasteiger partial charge on any atom is -0.396 e. The Morgan fingerprint density at radius 2 is 1.86 bits per heavy atom. The van der Waals surface area contributed by atoms with Gasteiger partial charge in [0.05, 0.1) is 12.2 Å². The van der Waals surface area contributed by atoms with Gasteiger partial charge in [-0.15, -0.1) is 0 Å². The predicted octanol–water partition coefficient (Wildman–Crippen LogP) is 4.16. The fourth-order valence-corrected chi connectivity index (χ4v) is 8.35. The first-order valence-corrected chi connectivity index (χ1v) is 9.71. The van der Waals surface area contributed by atoms with E-state index in [0.717, 1.165) is 24.4 Å². The lowest BCUT2D eigenvalue weighted by Crippen LogP contribution is -2.57. The number of hydrogen-bond donors (Lipinski definition) is 1. The zero-order chi connectivity index (χ0) is 15.2. The molecule has 4 aliphatic carbocycles. The average Bonchev–Trinajstić information content (AvgIpc) is 3.22. The van der Waals surface area contributed by atoms with Gasteiger partial charge in [0, 0.05) is 6.61 Å². The van der Waals surface area contributed by atoms with E-state index < -0.39 is 0 Å². The van der Waals surface area contributed by atoms with Crippen LogP contribution in [0.1, 0.15) is 71.6 Å². The van der Waals surface area contributed by atoms with Crippen molar-refractivity contribution in [2.75, 3.05) is 13.2 Å². The Labute approximate surface area is 135 Å². The van der Waals surface area contributed by atoms with Crippen molar-refractivity contribution in [1.82, 2.24) is 0 Å². The highest BCUT2D eigenvalue weighted by molar-refractivity contribution is 5.20. The molecule has 1 saturated heterocycles. The first-order chi connectivity index (χ1) is 10.5. The van der Waals surface area contributed by atoms with Gasteiger partial charge in [-0.25, -0.2) is 0 Å². The van der Waals surface area contributed by atoms with Gasteiger partial charge < -0.3 is 9.84 Å². The molecule has 5 fully saturated rings. The summed E-state index contributed by atoms with van der Waals surface area (Å²) >= 11 is 0. The number of rotatable bonds is 1. The van der Waals surface area contributed by atoms with Crippen LogP contribution in [0, 0.1) is 34.0 Å². The molecule has 0 aromatic rings. The molecule has 22 heavy (non-hydrogen) atoms. The number of epoxide rings is 1. The number of hydrogen-bond acceptors (Lipinski definition) is 2. The summed E-state index contributed by atoms with van der Waals surface area (Å²) in [7, 11) is 0. The van der Waals surface area contributed by atoms with E-state index in [2.05, 4.69) is 13.8 Å². The van der Waals surface area contributed by atoms with E-state index in [1.54, 1.807) is 0 Å². The van der Waals surface area contributed by atoms with Crippen molar-refractivity contribution in [2.45, 2.75) is 77.2 Å². The van der Waals surface area contributed by atoms with Crippen LogP contribution >= 0.6 is 0 Å². The Morgan fingerprint density at radius 3 is 2.59 bits per heavy atom. The molecule has 124 valence electrons. The Hall–Kier alpha value is -0.0800. The molecule has 1 heterocycles. The Kier molecular flexibility index (Phi) is 2.67. The predicted molar refractivity (Wildman–Crippen MR) is 86.4 cm³/mol. The maximum absolute atomic E-state index is 10.1. The summed E-state index contributed by atoms with van der Waals surface area (Å²) < 4.78 is 6.01. The van der Waals surface area contributed by atoms with Crippen molar-refractivity contribution < 1.29 is 9.84 Å². The molecule has 7 atom stereocenters. The topological polar surface area (TPSA) is 32.8 Å². The molecule has 1 N–H and O–H groups in total. The normalized spacial score (nSPS) is 62.6. The van der Waals surface area contributed by atoms with Gasteiger partial charge in [0.25, 0.3) is 0 Å². The molecule has 5 aliphatic rings. The molecule has 1 aliphatic heterocycles. The van der Waals surface area contributed by atoms with Gasteiger partial charge in [0.1, 0.15) is 0 Å². The lowest BCUT2D eigenvalue weighted by molar-refractivity contribution is -0.159. The van der Waals surface area contributed by atoms with E-state index in [-0.39, 0.29) is 5.41 Å². The fraction of sp³-hybridized carbons (Fsp3) is 1.00. The molecular weight excluding hydrogens is 272 g/mol. The van der Waals surface area contributed by atoms with Crippen molar-refractivity contribution in [3.05, 3.63) is 0 Å². The number of ether oxygens (including phenoxy) is 1. The first kappa shape index (κ1) is 14.3. The molecule has 0 aromatic carbocycles. The van der Waals surface area contributed by atoms with Crippen molar-refractivity contribution >= 4 is 0 Å². The molecule has 2 bridgehead atoms. The monoisotopic (exact) mass is 304 g/mol. The van der Waals surface area contributed by atoms with Gasteiger partial charge in [-0.3, -0.25) is 0 Å². The zero-order valence-electron chi connectivity index (χ0n) is 14.4. The van der Waals surface area contributed by atoms with E-state index in [4.69, 9.17) is 4.74 Å². The Bertz CT molecular complexity index is 498. The zero-order valence-corrected chi connectivity index (χ0v) is 14.4. The van der Waals surface area contributed by atoms with E-state index >= 15 is 0 Å². The van der Waals surface area contributed by atoms with Crippen LogP contribution in [0.25, 0.3) is 0 Å². The van der Waals surface area contributed by atoms with Gasteiger partial charge in [0.2, 0.25) is 0 Å². The second-order valence-electron chi connectivity index (χ2n) is 10.2. The Morgan fingerprint density at radius 1 is 1.05 bits per heavy atom. The highest BCUT2D eigenvalue weighted by atomic mass is 16.6. The standard InChI is InChI=1S/C20H32O2/c1-17(12-21)7-3-8-18(2)15(17)6-9-19-10-14(4-5-16(18)19)20(11-19)13-22-20/h14-16,21H,3-13H2,1-2H3/t14-,15-,16+,17-,18-,19+,20+/m1/s1. The third-order valence-corrected chi connectivity index (χ3v) is 9.30. The highest BCUT2D eigenvalue weighted by Gasteiger charge is 2.71. The van der Waals surface area contributed by atoms with E-state index in [9.17, 15) is 5.11 Å². The fourth-order valence-electron chi connectivity index (χ4n) is 8.35. The summed E-state index contributed by atoms with van der Waals surface area (Å²) in [5.74, 6) is 2.50. The number of fused-ring (bicyclic) bond motifs is 4. The molecule has 4 saturated carbocycles. The largest absolute Gasteiger partial charge is 0.396 e. The van der Waals surface area contributed by atoms with Crippen LogP contribution in [-0.2, 0) is 4.74 Å². The van der Waals surface area contributed by atoms with Gasteiger partial charge in [-0.05, 0) is 85.4 Å². The van der Waals surface area contributed by atoms with Crippen molar-refractivity contribution in [3.8, 4) is 0 Å². The summed E-state index contributed by atoms with van der Waals surface area (Å²) in [6.45, 7) is 6.43. The minimum absolute atomic E-state index is 0.178. The van der Waals surface area contributed by atoms with Gasteiger partial charge >= 0.3 is 0 Å². The average molecular weight is 304 g/mol. The van der Waals surface area contributed by atoms with Crippen LogP contribution in [-0.4, -0.2) is 23.9 Å². The molecule has 2 nitrogen and oxygen atoms in total. The van der Waals surface area contributed by atoms with E-state index in [0.29, 0.717) is 23.0 Å². The highest BCUT2D eigenvalue weighted by Crippen LogP contribution is 2.74. The van der Waals surface area contributed by atoms with Crippen molar-refractivity contribution in [3.63, 3.8) is 0 Å². The molecule has 0 amide bonds. The maximum Gasteiger partial charge on any atom is 0.0950 e. The third kappa shape index (κ3) is 1.55. The van der Waals surface area contributed by atoms with Crippen LogP contribution in [0.2, 0.25) is 0 Å². The van der Waals surface area contributed by atoms with Gasteiger partial charge in [-0.1, -0.05) is 20.3 Å². The molecule has 5 rings (SSSR count). The molecule has 2 spiro atoms. The van der Waals surface area contributed by atoms with Crippen LogP contribution in [0.3, 0.4) is 0 Å². The molecule has 0 unspecified atom stereocenters. The molecule has 2 heteroatoms. The van der Waals surface area contributed by atoms with Crippen molar-refractivity contribution in [1.29, 1.82) is 0 Å². The smallest absolute Gasteiger partial charge is 0.0950 e. The summed E-state index contributed by atoms with van der Waals surface area (Å²) in [4.78, 5) is 0. The van der Waals surface area contributed by atoms with Crippen LogP contribution < -0.4 is 0 Å². The first-order valence-electron chi connectivity index (χ1n) is 9.71. The van der Waals surface area contributed by atoms with E-state index in [1.165, 1.54) is 57.8 Å². The van der Waals surface area contributed by atoms with Gasteiger partial charge in [-0.2, -0.15) is 0 Å². The van der Waals surface area contributed by atoms with Crippen LogP contribution in [0.5, 0.6) is 0 Å². The molecule has 0 radical (unpaired) electrons.